The van der Waals surface area contributed by atoms with Crippen molar-refractivity contribution in [2.45, 2.75) is 26.8 Å². The van der Waals surface area contributed by atoms with E-state index in [-0.39, 0.29) is 37.8 Å². The third kappa shape index (κ3) is 7.85. The van der Waals surface area contributed by atoms with Crippen LogP contribution in [0.3, 0.4) is 0 Å². The van der Waals surface area contributed by atoms with Gasteiger partial charge in [-0.15, -0.1) is 0 Å². The van der Waals surface area contributed by atoms with Crippen LogP contribution in [0, 0.1) is 0 Å². The van der Waals surface area contributed by atoms with E-state index in [1.54, 1.807) is 57.2 Å². The monoisotopic (exact) mass is 732 g/mol. The summed E-state index contributed by atoms with van der Waals surface area (Å²) in [5.41, 5.74) is 1.28. The molecule has 0 radical (unpaired) electrons. The van der Waals surface area contributed by atoms with E-state index in [0.29, 0.717) is 47.9 Å². The van der Waals surface area contributed by atoms with Gasteiger partial charge in [0.25, 0.3) is 5.56 Å². The van der Waals surface area contributed by atoms with E-state index in [2.05, 4.69) is 30.4 Å². The molecule has 0 amide bonds. The number of fused-ring (bicyclic) bond motifs is 1. The maximum atomic E-state index is 14.1. The lowest BCUT2D eigenvalue weighted by Crippen LogP contribution is -2.40. The van der Waals surface area contributed by atoms with Gasteiger partial charge >= 0.3 is 17.9 Å². The van der Waals surface area contributed by atoms with Crippen LogP contribution in [0.25, 0.3) is 6.08 Å². The molecule has 1 aliphatic rings. The van der Waals surface area contributed by atoms with Crippen LogP contribution < -0.4 is 33.8 Å². The average molecular weight is 734 g/mol. The Balaban J connectivity index is 1.87. The Hall–Kier alpha value is -4.63. The summed E-state index contributed by atoms with van der Waals surface area (Å²) in [7, 11) is 3.97. The van der Waals surface area contributed by atoms with Gasteiger partial charge in [-0.25, -0.2) is 19.4 Å². The molecule has 3 aromatic rings. The van der Waals surface area contributed by atoms with Crippen LogP contribution in [-0.4, -0.2) is 70.2 Å². The molecule has 1 atom stereocenters. The molecular formula is C32H33BrN2O11S. The number of nitrogens with zero attached hydrogens (tertiary/aromatic N) is 2. The lowest BCUT2D eigenvalue weighted by atomic mass is 9.95. The first-order valence-electron chi connectivity index (χ1n) is 14.3. The standard InChI is InChI=1S/C32H33BrN2O11S/c1-7-43-23-11-18(9-10-21(23)45-15-26(36)41-5)29-28(31(39)44-8-2)17(3)34-32-35(29)30(38)25(47-32)13-19-12-22(40-4)24(14-20(19)33)46-16-27(37)42-6/h9-14,29H,7-8,15-16H2,1-6H3/b25-13-/t29-/m0/s1. The molecule has 250 valence electrons. The van der Waals surface area contributed by atoms with Gasteiger partial charge in [0.15, 0.2) is 41.0 Å². The van der Waals surface area contributed by atoms with Gasteiger partial charge in [0, 0.05) is 4.47 Å². The Labute approximate surface area is 282 Å². The Kier molecular flexibility index (Phi) is 11.8. The van der Waals surface area contributed by atoms with Crippen LogP contribution in [0.5, 0.6) is 23.0 Å². The molecule has 13 nitrogen and oxygen atoms in total. The van der Waals surface area contributed by atoms with Gasteiger partial charge in [0.1, 0.15) is 0 Å². The van der Waals surface area contributed by atoms with Crippen LogP contribution in [0.15, 0.2) is 55.9 Å². The molecule has 4 rings (SSSR count). The number of aromatic nitrogens is 1. The number of carbonyl (C=O) groups is 3. The number of halogens is 1. The summed E-state index contributed by atoms with van der Waals surface area (Å²) in [6.45, 7) is 4.91. The van der Waals surface area contributed by atoms with Gasteiger partial charge in [-0.1, -0.05) is 33.3 Å². The van der Waals surface area contributed by atoms with Crippen molar-refractivity contribution in [3.8, 4) is 23.0 Å². The fourth-order valence-electron chi connectivity index (χ4n) is 4.66. The van der Waals surface area contributed by atoms with Crippen molar-refractivity contribution < 1.29 is 47.5 Å². The smallest absolute Gasteiger partial charge is 0.343 e. The molecule has 0 spiro atoms. The summed E-state index contributed by atoms with van der Waals surface area (Å²) in [6, 6.07) is 7.30. The molecule has 1 aliphatic heterocycles. The van der Waals surface area contributed by atoms with Gasteiger partial charge in [0.05, 0.1) is 56.4 Å². The van der Waals surface area contributed by atoms with Crippen LogP contribution in [-0.2, 0) is 28.6 Å². The normalized spacial score (nSPS) is 14.1. The Morgan fingerprint density at radius 1 is 0.915 bits per heavy atom. The SMILES string of the molecule is CCOC(=O)C1=C(C)N=c2s/c(=C\c3cc(OC)c(OCC(=O)OC)cc3Br)c(=O)n2[C@H]1c1ccc(OCC(=O)OC)c(OCC)c1. The van der Waals surface area contributed by atoms with Crippen LogP contribution in [0.2, 0.25) is 0 Å². The van der Waals surface area contributed by atoms with Gasteiger partial charge in [-0.2, -0.15) is 0 Å². The molecule has 2 aromatic carbocycles. The predicted octanol–water partition coefficient (Wildman–Crippen LogP) is 3.07. The van der Waals surface area contributed by atoms with E-state index in [1.807, 2.05) is 0 Å². The number of methoxy groups -OCH3 is 3. The van der Waals surface area contributed by atoms with Crippen molar-refractivity contribution in [3.63, 3.8) is 0 Å². The first-order chi connectivity index (χ1) is 22.6. The predicted molar refractivity (Wildman–Crippen MR) is 174 cm³/mol. The number of esters is 3. The number of allylic oxidation sites excluding steroid dienone is 1. The Bertz CT molecular complexity index is 1900. The zero-order chi connectivity index (χ0) is 34.2. The maximum Gasteiger partial charge on any atom is 0.343 e. The molecule has 0 aliphatic carbocycles. The molecule has 0 fully saturated rings. The number of rotatable bonds is 13. The number of hydrogen-bond donors (Lipinski definition) is 0. The molecule has 0 saturated heterocycles. The van der Waals surface area contributed by atoms with E-state index >= 15 is 0 Å². The van der Waals surface area contributed by atoms with Crippen molar-refractivity contribution in [1.82, 2.24) is 4.57 Å². The summed E-state index contributed by atoms with van der Waals surface area (Å²) in [5, 5.41) is 0. The lowest BCUT2D eigenvalue weighted by molar-refractivity contribution is -0.143. The molecule has 47 heavy (non-hydrogen) atoms. The first kappa shape index (κ1) is 35.2. The van der Waals surface area contributed by atoms with Crippen LogP contribution in [0.1, 0.15) is 37.9 Å². The molecule has 2 heterocycles. The largest absolute Gasteiger partial charge is 0.493 e. The summed E-state index contributed by atoms with van der Waals surface area (Å²) in [5.74, 6) is -0.540. The lowest BCUT2D eigenvalue weighted by Gasteiger charge is -2.25. The second kappa shape index (κ2) is 15.8. The topological polar surface area (TPSA) is 150 Å². The first-order valence-corrected chi connectivity index (χ1v) is 15.9. The number of hydrogen-bond acceptors (Lipinski definition) is 13. The highest BCUT2D eigenvalue weighted by Crippen LogP contribution is 2.37. The molecular weight excluding hydrogens is 700 g/mol. The third-order valence-electron chi connectivity index (χ3n) is 6.82. The second-order valence-corrected chi connectivity index (χ2v) is 11.6. The van der Waals surface area contributed by atoms with E-state index in [0.717, 1.165) is 11.3 Å². The zero-order valence-electron chi connectivity index (χ0n) is 26.5. The fourth-order valence-corrected chi connectivity index (χ4v) is 6.13. The maximum absolute atomic E-state index is 14.1. The summed E-state index contributed by atoms with van der Waals surface area (Å²) < 4.78 is 39.4. The van der Waals surface area contributed by atoms with Crippen molar-refractivity contribution in [1.29, 1.82) is 0 Å². The van der Waals surface area contributed by atoms with E-state index in [1.165, 1.54) is 25.9 Å². The summed E-state index contributed by atoms with van der Waals surface area (Å²) in [4.78, 5) is 55.7. The Morgan fingerprint density at radius 3 is 2.19 bits per heavy atom. The Morgan fingerprint density at radius 2 is 1.57 bits per heavy atom. The van der Waals surface area contributed by atoms with E-state index < -0.39 is 29.5 Å². The van der Waals surface area contributed by atoms with Gasteiger partial charge in [-0.3, -0.25) is 9.36 Å². The average Bonchev–Trinajstić information content (AvgIpc) is 3.36. The van der Waals surface area contributed by atoms with Gasteiger partial charge in [0.2, 0.25) is 0 Å². The number of thiazole rings is 1. The van der Waals surface area contributed by atoms with Crippen LogP contribution >= 0.6 is 27.3 Å². The van der Waals surface area contributed by atoms with E-state index in [4.69, 9.17) is 23.7 Å². The van der Waals surface area contributed by atoms with E-state index in [9.17, 15) is 19.2 Å². The quantitative estimate of drug-likeness (QED) is 0.189. The number of carbonyl (C=O) groups excluding carboxylic acids is 3. The van der Waals surface area contributed by atoms with Crippen molar-refractivity contribution >= 4 is 51.3 Å². The minimum absolute atomic E-state index is 0.118. The highest BCUT2D eigenvalue weighted by Gasteiger charge is 2.34. The minimum atomic E-state index is -0.923. The molecule has 0 saturated carbocycles. The summed E-state index contributed by atoms with van der Waals surface area (Å²) in [6.07, 6.45) is 1.66. The number of benzene rings is 2. The fraction of sp³-hybridized carbons (Fsp3) is 0.344. The van der Waals surface area contributed by atoms with Crippen LogP contribution in [0.4, 0.5) is 0 Å². The third-order valence-corrected chi connectivity index (χ3v) is 8.49. The minimum Gasteiger partial charge on any atom is -0.493 e. The molecule has 1 aromatic heterocycles. The van der Waals surface area contributed by atoms with Crippen molar-refractivity contribution in [2.75, 3.05) is 47.8 Å². The van der Waals surface area contributed by atoms with Crippen molar-refractivity contribution in [2.24, 2.45) is 4.99 Å². The highest BCUT2D eigenvalue weighted by atomic mass is 79.9. The second-order valence-electron chi connectivity index (χ2n) is 9.70. The van der Waals surface area contributed by atoms with Gasteiger partial charge in [-0.05, 0) is 62.2 Å². The molecule has 0 bridgehead atoms. The summed E-state index contributed by atoms with van der Waals surface area (Å²) >= 11 is 4.65. The molecule has 0 N–H and O–H groups in total. The van der Waals surface area contributed by atoms with Crippen molar-refractivity contribution in [3.05, 3.63) is 76.9 Å². The number of ether oxygens (including phenoxy) is 7. The molecule has 0 unspecified atom stereocenters. The molecule has 15 heteroatoms. The highest BCUT2D eigenvalue weighted by molar-refractivity contribution is 9.10. The zero-order valence-corrected chi connectivity index (χ0v) is 28.9. The van der Waals surface area contributed by atoms with Gasteiger partial charge < -0.3 is 33.2 Å².